The van der Waals surface area contributed by atoms with Crippen molar-refractivity contribution in [1.82, 2.24) is 0 Å². The minimum Gasteiger partial charge on any atom is -0.478 e. The van der Waals surface area contributed by atoms with Gasteiger partial charge in [0.25, 0.3) is 0 Å². The number of allylic oxidation sites excluding steroid dienone is 1. The molecule has 1 saturated carbocycles. The van der Waals surface area contributed by atoms with Crippen LogP contribution in [-0.4, -0.2) is 16.9 Å². The Labute approximate surface area is 109 Å². The number of rotatable bonds is 8. The third-order valence-electron chi connectivity index (χ3n) is 3.74. The number of hydrogen-bond donors (Lipinski definition) is 1. The topological polar surface area (TPSA) is 54.4 Å². The van der Waals surface area contributed by atoms with Gasteiger partial charge < -0.3 is 5.11 Å². The van der Waals surface area contributed by atoms with E-state index < -0.39 is 5.97 Å². The van der Waals surface area contributed by atoms with Gasteiger partial charge in [0.15, 0.2) is 0 Å². The fourth-order valence-corrected chi connectivity index (χ4v) is 2.23. The SMILES string of the molecule is CCCCC/C=C(\CC(=O)[C@H]1CC1(C)C)C(=O)O. The van der Waals surface area contributed by atoms with Crippen molar-refractivity contribution in [3.63, 3.8) is 0 Å². The van der Waals surface area contributed by atoms with E-state index in [0.29, 0.717) is 0 Å². The Morgan fingerprint density at radius 1 is 1.33 bits per heavy atom. The lowest BCUT2D eigenvalue weighted by molar-refractivity contribution is -0.134. The Morgan fingerprint density at radius 2 is 1.94 bits per heavy atom. The van der Waals surface area contributed by atoms with Crippen LogP contribution in [0.1, 0.15) is 59.3 Å². The molecule has 0 aromatic heterocycles. The van der Waals surface area contributed by atoms with Crippen molar-refractivity contribution in [1.29, 1.82) is 0 Å². The third kappa shape index (κ3) is 4.28. The Kier molecular flexibility index (Phi) is 5.12. The second-order valence-corrected chi connectivity index (χ2v) is 5.92. The molecule has 1 atom stereocenters. The van der Waals surface area contributed by atoms with Crippen molar-refractivity contribution in [3.05, 3.63) is 11.6 Å². The summed E-state index contributed by atoms with van der Waals surface area (Å²) in [6, 6.07) is 0. The molecule has 0 saturated heterocycles. The number of hydrogen-bond acceptors (Lipinski definition) is 2. The maximum atomic E-state index is 11.9. The first kappa shape index (κ1) is 14.9. The van der Waals surface area contributed by atoms with Crippen LogP contribution in [0.5, 0.6) is 0 Å². The van der Waals surface area contributed by atoms with E-state index in [2.05, 4.69) is 20.8 Å². The summed E-state index contributed by atoms with van der Waals surface area (Å²) < 4.78 is 0. The van der Waals surface area contributed by atoms with Gasteiger partial charge >= 0.3 is 5.97 Å². The van der Waals surface area contributed by atoms with Crippen molar-refractivity contribution in [2.75, 3.05) is 0 Å². The van der Waals surface area contributed by atoms with Gasteiger partial charge in [0.05, 0.1) is 0 Å². The van der Waals surface area contributed by atoms with Crippen LogP contribution < -0.4 is 0 Å². The largest absolute Gasteiger partial charge is 0.478 e. The number of ketones is 1. The molecular weight excluding hydrogens is 228 g/mol. The molecule has 1 rings (SSSR count). The molecule has 0 amide bonds. The number of carboxylic acid groups (broad SMARTS) is 1. The minimum absolute atomic E-state index is 0.0656. The summed E-state index contributed by atoms with van der Waals surface area (Å²) in [5.74, 6) is -0.793. The molecule has 0 unspecified atom stereocenters. The number of carbonyl (C=O) groups excluding carboxylic acids is 1. The quantitative estimate of drug-likeness (QED) is 0.530. The first-order valence-corrected chi connectivity index (χ1v) is 6.83. The van der Waals surface area contributed by atoms with E-state index in [9.17, 15) is 9.59 Å². The fourth-order valence-electron chi connectivity index (χ4n) is 2.23. The highest BCUT2D eigenvalue weighted by molar-refractivity contribution is 5.96. The van der Waals surface area contributed by atoms with Crippen LogP contribution in [0.4, 0.5) is 0 Å². The second-order valence-electron chi connectivity index (χ2n) is 5.92. The highest BCUT2D eigenvalue weighted by atomic mass is 16.4. The van der Waals surface area contributed by atoms with E-state index in [4.69, 9.17) is 5.11 Å². The third-order valence-corrected chi connectivity index (χ3v) is 3.74. The zero-order valence-corrected chi connectivity index (χ0v) is 11.7. The summed E-state index contributed by atoms with van der Waals surface area (Å²) in [5, 5.41) is 9.09. The molecule has 3 nitrogen and oxygen atoms in total. The highest BCUT2D eigenvalue weighted by Gasteiger charge is 2.50. The van der Waals surface area contributed by atoms with Crippen molar-refractivity contribution in [3.8, 4) is 0 Å². The monoisotopic (exact) mass is 252 g/mol. The van der Waals surface area contributed by atoms with Crippen LogP contribution in [0, 0.1) is 11.3 Å². The van der Waals surface area contributed by atoms with Crippen LogP contribution in [0.3, 0.4) is 0 Å². The van der Waals surface area contributed by atoms with Crippen LogP contribution >= 0.6 is 0 Å². The number of carbonyl (C=O) groups is 2. The highest BCUT2D eigenvalue weighted by Crippen LogP contribution is 2.52. The molecule has 102 valence electrons. The molecule has 18 heavy (non-hydrogen) atoms. The van der Waals surface area contributed by atoms with Gasteiger partial charge in [-0.3, -0.25) is 4.79 Å². The van der Waals surface area contributed by atoms with Crippen molar-refractivity contribution >= 4 is 11.8 Å². The average molecular weight is 252 g/mol. The summed E-state index contributed by atoms with van der Waals surface area (Å²) in [7, 11) is 0. The molecule has 1 aliphatic rings. The molecule has 0 aliphatic heterocycles. The van der Waals surface area contributed by atoms with E-state index >= 15 is 0 Å². The predicted octanol–water partition coefficient (Wildman–Crippen LogP) is 3.58. The molecule has 1 aliphatic carbocycles. The van der Waals surface area contributed by atoms with Crippen LogP contribution in [0.2, 0.25) is 0 Å². The van der Waals surface area contributed by atoms with Gasteiger partial charge in [-0.05, 0) is 24.7 Å². The van der Waals surface area contributed by atoms with Crippen molar-refractivity contribution in [2.24, 2.45) is 11.3 Å². The van der Waals surface area contributed by atoms with Gasteiger partial charge in [-0.2, -0.15) is 0 Å². The Balaban J connectivity index is 2.48. The molecule has 0 aromatic rings. The smallest absolute Gasteiger partial charge is 0.331 e. The zero-order chi connectivity index (χ0) is 13.8. The first-order chi connectivity index (χ1) is 8.38. The predicted molar refractivity (Wildman–Crippen MR) is 71.4 cm³/mol. The van der Waals surface area contributed by atoms with E-state index in [0.717, 1.165) is 32.1 Å². The number of unbranched alkanes of at least 4 members (excludes halogenated alkanes) is 3. The second kappa shape index (κ2) is 6.17. The summed E-state index contributed by atoms with van der Waals surface area (Å²) >= 11 is 0. The Hall–Kier alpha value is -1.12. The van der Waals surface area contributed by atoms with Gasteiger partial charge in [-0.1, -0.05) is 39.7 Å². The number of Topliss-reactive ketones (excluding diaryl/α,β-unsaturated/α-hetero) is 1. The molecule has 0 radical (unpaired) electrons. The first-order valence-electron chi connectivity index (χ1n) is 6.83. The van der Waals surface area contributed by atoms with Crippen molar-refractivity contribution < 1.29 is 14.7 Å². The van der Waals surface area contributed by atoms with E-state index in [-0.39, 0.29) is 29.1 Å². The molecule has 3 heteroatoms. The summed E-state index contributed by atoms with van der Waals surface area (Å²) in [6.45, 7) is 6.22. The number of carboxylic acids is 1. The minimum atomic E-state index is -0.946. The molecule has 0 spiro atoms. The lowest BCUT2D eigenvalue weighted by atomic mass is 10.00. The van der Waals surface area contributed by atoms with Crippen LogP contribution in [0.25, 0.3) is 0 Å². The standard InChI is InChI=1S/C15H24O3/c1-4-5-6-7-8-11(14(17)18)9-13(16)12-10-15(12,2)3/h8,12H,4-7,9-10H2,1-3H3,(H,17,18)/b11-8+/t12-/m1/s1. The summed E-state index contributed by atoms with van der Waals surface area (Å²) in [5.41, 5.74) is 0.363. The van der Waals surface area contributed by atoms with E-state index in [1.807, 2.05) is 0 Å². The Bertz CT molecular complexity index is 353. The van der Waals surface area contributed by atoms with Gasteiger partial charge in [-0.15, -0.1) is 0 Å². The van der Waals surface area contributed by atoms with Crippen LogP contribution in [0.15, 0.2) is 11.6 Å². The fraction of sp³-hybridized carbons (Fsp3) is 0.733. The number of aliphatic carboxylic acids is 1. The lowest BCUT2D eigenvalue weighted by Gasteiger charge is -2.04. The summed E-state index contributed by atoms with van der Waals surface area (Å²) in [6.07, 6.45) is 6.70. The molecule has 0 aromatic carbocycles. The van der Waals surface area contributed by atoms with E-state index in [1.54, 1.807) is 6.08 Å². The van der Waals surface area contributed by atoms with Gasteiger partial charge in [-0.25, -0.2) is 4.79 Å². The Morgan fingerprint density at radius 3 is 2.39 bits per heavy atom. The maximum absolute atomic E-state index is 11.9. The van der Waals surface area contributed by atoms with E-state index in [1.165, 1.54) is 0 Å². The molecule has 1 N–H and O–H groups in total. The summed E-state index contributed by atoms with van der Waals surface area (Å²) in [4.78, 5) is 23.0. The molecule has 1 fully saturated rings. The zero-order valence-electron chi connectivity index (χ0n) is 11.7. The average Bonchev–Trinajstić information content (AvgIpc) is 2.92. The molecule has 0 bridgehead atoms. The van der Waals surface area contributed by atoms with Gasteiger partial charge in [0, 0.05) is 17.9 Å². The molecular formula is C15H24O3. The lowest BCUT2D eigenvalue weighted by Crippen LogP contribution is -2.11. The van der Waals surface area contributed by atoms with Gasteiger partial charge in [0.2, 0.25) is 0 Å². The maximum Gasteiger partial charge on any atom is 0.331 e. The van der Waals surface area contributed by atoms with Gasteiger partial charge in [0.1, 0.15) is 5.78 Å². The normalized spacial score (nSPS) is 21.7. The van der Waals surface area contributed by atoms with Crippen molar-refractivity contribution in [2.45, 2.75) is 59.3 Å². The molecule has 0 heterocycles. The van der Waals surface area contributed by atoms with Crippen LogP contribution in [-0.2, 0) is 9.59 Å².